The highest BCUT2D eigenvalue weighted by molar-refractivity contribution is 6.30. The summed E-state index contributed by atoms with van der Waals surface area (Å²) in [7, 11) is 0. The second-order valence-electron chi connectivity index (χ2n) is 6.60. The van der Waals surface area contributed by atoms with Crippen LogP contribution >= 0.6 is 11.6 Å². The predicted molar refractivity (Wildman–Crippen MR) is 103 cm³/mol. The molecule has 0 spiro atoms. The Hall–Kier alpha value is -1.88. The molecule has 25 heavy (non-hydrogen) atoms. The summed E-state index contributed by atoms with van der Waals surface area (Å²) in [6, 6.07) is 15.9. The largest absolute Gasteiger partial charge is 0.325 e. The fourth-order valence-corrected chi connectivity index (χ4v) is 3.33. The van der Waals surface area contributed by atoms with Crippen LogP contribution in [0.4, 0.5) is 5.69 Å². The summed E-state index contributed by atoms with van der Waals surface area (Å²) in [4.78, 5) is 16.8. The molecule has 0 unspecified atom stereocenters. The SMILES string of the molecule is Cc1cccc(CN2CCN(CC(=O)Nc3cccc(Cl)c3)CC2)c1. The molecule has 3 rings (SSSR count). The Morgan fingerprint density at radius 2 is 1.76 bits per heavy atom. The van der Waals surface area contributed by atoms with E-state index >= 15 is 0 Å². The number of halogens is 1. The fraction of sp³-hybridized carbons (Fsp3) is 0.350. The van der Waals surface area contributed by atoms with Crippen molar-refractivity contribution >= 4 is 23.2 Å². The minimum Gasteiger partial charge on any atom is -0.325 e. The van der Waals surface area contributed by atoms with Gasteiger partial charge in [0, 0.05) is 43.4 Å². The van der Waals surface area contributed by atoms with E-state index < -0.39 is 0 Å². The minimum atomic E-state index is 0.00870. The van der Waals surface area contributed by atoms with Crippen LogP contribution in [0.1, 0.15) is 11.1 Å². The Balaban J connectivity index is 1.43. The Bertz CT molecular complexity index is 726. The van der Waals surface area contributed by atoms with E-state index in [1.807, 2.05) is 12.1 Å². The maximum atomic E-state index is 12.2. The summed E-state index contributed by atoms with van der Waals surface area (Å²) in [6.07, 6.45) is 0. The van der Waals surface area contributed by atoms with E-state index in [1.54, 1.807) is 12.1 Å². The van der Waals surface area contributed by atoms with Gasteiger partial charge in [-0.25, -0.2) is 0 Å². The molecule has 0 bridgehead atoms. The average molecular weight is 358 g/mol. The molecule has 0 aromatic heterocycles. The summed E-state index contributed by atoms with van der Waals surface area (Å²) in [5.74, 6) is 0.00870. The lowest BCUT2D eigenvalue weighted by Gasteiger charge is -2.34. The van der Waals surface area contributed by atoms with Crippen LogP contribution in [-0.2, 0) is 11.3 Å². The maximum Gasteiger partial charge on any atom is 0.238 e. The normalized spacial score (nSPS) is 15.9. The van der Waals surface area contributed by atoms with Crippen LogP contribution in [0.25, 0.3) is 0 Å². The van der Waals surface area contributed by atoms with Crippen molar-refractivity contribution in [1.29, 1.82) is 0 Å². The summed E-state index contributed by atoms with van der Waals surface area (Å²) in [6.45, 7) is 7.31. The predicted octanol–water partition coefficient (Wildman–Crippen LogP) is 3.40. The van der Waals surface area contributed by atoms with Crippen LogP contribution in [-0.4, -0.2) is 48.4 Å². The number of carbonyl (C=O) groups is 1. The van der Waals surface area contributed by atoms with Crippen LogP contribution in [0, 0.1) is 6.92 Å². The van der Waals surface area contributed by atoms with Crippen molar-refractivity contribution in [2.75, 3.05) is 38.0 Å². The second-order valence-corrected chi connectivity index (χ2v) is 7.04. The summed E-state index contributed by atoms with van der Waals surface area (Å²) in [5.41, 5.74) is 3.40. The molecule has 1 aliphatic heterocycles. The van der Waals surface area contributed by atoms with E-state index in [0.717, 1.165) is 38.4 Å². The average Bonchev–Trinajstić information content (AvgIpc) is 2.57. The molecule has 2 aromatic rings. The van der Waals surface area contributed by atoms with Gasteiger partial charge >= 0.3 is 0 Å². The Morgan fingerprint density at radius 3 is 2.48 bits per heavy atom. The number of rotatable bonds is 5. The highest BCUT2D eigenvalue weighted by Gasteiger charge is 2.19. The number of nitrogens with one attached hydrogen (secondary N) is 1. The second kappa shape index (κ2) is 8.48. The number of hydrogen-bond donors (Lipinski definition) is 1. The van der Waals surface area contributed by atoms with Crippen molar-refractivity contribution in [3.05, 3.63) is 64.7 Å². The van der Waals surface area contributed by atoms with Gasteiger partial charge in [-0.2, -0.15) is 0 Å². The van der Waals surface area contributed by atoms with Gasteiger partial charge in [0.05, 0.1) is 6.54 Å². The molecule has 1 fully saturated rings. The van der Waals surface area contributed by atoms with Gasteiger partial charge in [-0.1, -0.05) is 47.5 Å². The highest BCUT2D eigenvalue weighted by atomic mass is 35.5. The van der Waals surface area contributed by atoms with Gasteiger partial charge in [-0.15, -0.1) is 0 Å². The van der Waals surface area contributed by atoms with E-state index in [2.05, 4.69) is 46.3 Å². The lowest BCUT2D eigenvalue weighted by atomic mass is 10.1. The highest BCUT2D eigenvalue weighted by Crippen LogP contribution is 2.15. The summed E-state index contributed by atoms with van der Waals surface area (Å²) >= 11 is 5.95. The number of hydrogen-bond acceptors (Lipinski definition) is 3. The zero-order valence-electron chi connectivity index (χ0n) is 14.5. The van der Waals surface area contributed by atoms with Crippen molar-refractivity contribution in [2.24, 2.45) is 0 Å². The molecule has 1 aliphatic rings. The number of piperazine rings is 1. The molecule has 1 amide bonds. The minimum absolute atomic E-state index is 0.00870. The topological polar surface area (TPSA) is 35.6 Å². The number of amides is 1. The third kappa shape index (κ3) is 5.56. The quantitative estimate of drug-likeness (QED) is 0.890. The van der Waals surface area contributed by atoms with Gasteiger partial charge in [0.25, 0.3) is 0 Å². The Morgan fingerprint density at radius 1 is 1.04 bits per heavy atom. The molecule has 132 valence electrons. The van der Waals surface area contributed by atoms with Crippen molar-refractivity contribution in [3.63, 3.8) is 0 Å². The smallest absolute Gasteiger partial charge is 0.238 e. The van der Waals surface area contributed by atoms with Crippen LogP contribution in [0.15, 0.2) is 48.5 Å². The first-order valence-electron chi connectivity index (χ1n) is 8.64. The van der Waals surface area contributed by atoms with Gasteiger partial charge in [0.1, 0.15) is 0 Å². The zero-order valence-corrected chi connectivity index (χ0v) is 15.3. The number of anilines is 1. The molecule has 1 N–H and O–H groups in total. The fourth-order valence-electron chi connectivity index (χ4n) is 3.14. The standard InChI is InChI=1S/C20H24ClN3O/c1-16-4-2-5-17(12-16)14-23-8-10-24(11-9-23)15-20(25)22-19-7-3-6-18(21)13-19/h2-7,12-13H,8-11,14-15H2,1H3,(H,22,25). The molecule has 0 radical (unpaired) electrons. The van der Waals surface area contributed by atoms with E-state index in [-0.39, 0.29) is 5.91 Å². The van der Waals surface area contributed by atoms with E-state index in [4.69, 9.17) is 11.6 Å². The molecule has 0 atom stereocenters. The van der Waals surface area contributed by atoms with Gasteiger partial charge in [-0.05, 0) is 30.7 Å². The van der Waals surface area contributed by atoms with Crippen molar-refractivity contribution in [1.82, 2.24) is 9.80 Å². The van der Waals surface area contributed by atoms with Gasteiger partial charge in [0.2, 0.25) is 5.91 Å². The molecule has 4 nitrogen and oxygen atoms in total. The van der Waals surface area contributed by atoms with E-state index in [9.17, 15) is 4.79 Å². The molecule has 1 heterocycles. The monoisotopic (exact) mass is 357 g/mol. The lowest BCUT2D eigenvalue weighted by molar-refractivity contribution is -0.117. The van der Waals surface area contributed by atoms with Gasteiger partial charge < -0.3 is 5.32 Å². The third-order valence-corrected chi connectivity index (χ3v) is 4.66. The van der Waals surface area contributed by atoms with Crippen LogP contribution in [0.2, 0.25) is 5.02 Å². The molecular weight excluding hydrogens is 334 g/mol. The summed E-state index contributed by atoms with van der Waals surface area (Å²) < 4.78 is 0. The van der Waals surface area contributed by atoms with Crippen LogP contribution in [0.5, 0.6) is 0 Å². The molecule has 0 aliphatic carbocycles. The Kier molecular flexibility index (Phi) is 6.08. The van der Waals surface area contributed by atoms with Crippen LogP contribution < -0.4 is 5.32 Å². The zero-order chi connectivity index (χ0) is 17.6. The first-order valence-corrected chi connectivity index (χ1v) is 9.02. The maximum absolute atomic E-state index is 12.2. The first-order chi connectivity index (χ1) is 12.1. The Labute approximate surface area is 154 Å². The van der Waals surface area contributed by atoms with Crippen molar-refractivity contribution in [2.45, 2.75) is 13.5 Å². The van der Waals surface area contributed by atoms with Gasteiger partial charge in [-0.3, -0.25) is 14.6 Å². The molecular formula is C20H24ClN3O. The molecule has 2 aromatic carbocycles. The van der Waals surface area contributed by atoms with Crippen molar-refractivity contribution < 1.29 is 4.79 Å². The van der Waals surface area contributed by atoms with Gasteiger partial charge in [0.15, 0.2) is 0 Å². The van der Waals surface area contributed by atoms with Crippen LogP contribution in [0.3, 0.4) is 0 Å². The molecule has 5 heteroatoms. The number of benzene rings is 2. The third-order valence-electron chi connectivity index (χ3n) is 4.43. The van der Waals surface area contributed by atoms with E-state index in [1.165, 1.54) is 11.1 Å². The summed E-state index contributed by atoms with van der Waals surface area (Å²) in [5, 5.41) is 3.54. The number of carbonyl (C=O) groups excluding carboxylic acids is 1. The first kappa shape index (κ1) is 17.9. The van der Waals surface area contributed by atoms with Crippen molar-refractivity contribution in [3.8, 4) is 0 Å². The van der Waals surface area contributed by atoms with E-state index in [0.29, 0.717) is 11.6 Å². The molecule has 1 saturated heterocycles. The lowest BCUT2D eigenvalue weighted by Crippen LogP contribution is -2.48. The molecule has 0 saturated carbocycles. The number of nitrogens with zero attached hydrogens (tertiary/aromatic N) is 2. The number of aryl methyl sites for hydroxylation is 1.